The third-order valence-electron chi connectivity index (χ3n) is 3.58. The summed E-state index contributed by atoms with van der Waals surface area (Å²) >= 11 is 0. The fourth-order valence-electron chi connectivity index (χ4n) is 2.45. The molecule has 0 radical (unpaired) electrons. The maximum atomic E-state index is 12.7. The van der Waals surface area contributed by atoms with Crippen LogP contribution in [-0.2, 0) is 30.5 Å². The minimum absolute atomic E-state index is 0.0443. The molecule has 0 spiro atoms. The Hall–Kier alpha value is -2.89. The van der Waals surface area contributed by atoms with Gasteiger partial charge < -0.3 is 14.2 Å². The second-order valence-corrected chi connectivity index (χ2v) is 5.46. The molecule has 134 valence electrons. The van der Waals surface area contributed by atoms with Gasteiger partial charge in [-0.15, -0.1) is 10.2 Å². The van der Waals surface area contributed by atoms with Crippen molar-refractivity contribution >= 4 is 23.1 Å². The quantitative estimate of drug-likeness (QED) is 0.624. The van der Waals surface area contributed by atoms with Crippen LogP contribution in [0.1, 0.15) is 32.9 Å². The second kappa shape index (κ2) is 6.93. The molecule has 25 heavy (non-hydrogen) atoms. The normalized spacial score (nSPS) is 19.9. The highest BCUT2D eigenvalue weighted by Crippen LogP contribution is 2.26. The summed E-state index contributed by atoms with van der Waals surface area (Å²) in [5.74, 6) is -0.913. The molecule has 2 aromatic rings. The molecule has 1 aliphatic heterocycles. The number of carbonyl (C=O) groups is 2. The van der Waals surface area contributed by atoms with Crippen molar-refractivity contribution in [2.45, 2.75) is 45.8 Å². The van der Waals surface area contributed by atoms with Gasteiger partial charge in [0.2, 0.25) is 5.65 Å². The topological polar surface area (TPSA) is 140 Å². The van der Waals surface area contributed by atoms with Crippen molar-refractivity contribution in [2.75, 3.05) is 6.61 Å². The average molecular weight is 352 g/mol. The third-order valence-corrected chi connectivity index (χ3v) is 3.58. The fourth-order valence-corrected chi connectivity index (χ4v) is 2.45. The van der Waals surface area contributed by atoms with E-state index in [1.165, 1.54) is 13.8 Å². The van der Waals surface area contributed by atoms with Crippen LogP contribution in [-0.4, -0.2) is 54.6 Å². The second-order valence-electron chi connectivity index (χ2n) is 5.46. The predicted molar refractivity (Wildman–Crippen MR) is 78.9 cm³/mol. The van der Waals surface area contributed by atoms with Gasteiger partial charge >= 0.3 is 11.9 Å². The fraction of sp³-hybridized carbons (Fsp3) is 0.615. The zero-order valence-corrected chi connectivity index (χ0v) is 13.6. The average Bonchev–Trinajstić information content (AvgIpc) is 3.18. The highest BCUT2D eigenvalue weighted by Gasteiger charge is 2.30. The first kappa shape index (κ1) is 17.0. The molecule has 1 saturated heterocycles. The van der Waals surface area contributed by atoms with E-state index in [9.17, 15) is 14.4 Å². The van der Waals surface area contributed by atoms with E-state index < -0.39 is 23.7 Å². The Morgan fingerprint density at radius 3 is 2.60 bits per heavy atom. The lowest BCUT2D eigenvalue weighted by molar-refractivity contribution is -0.146. The molecular formula is C13H16N6O6. The molecule has 2 aromatic heterocycles. The number of hydrogen-bond donors (Lipinski definition) is 0. The van der Waals surface area contributed by atoms with E-state index >= 15 is 0 Å². The summed E-state index contributed by atoms with van der Waals surface area (Å²) in [4.78, 5) is 34.5. The summed E-state index contributed by atoms with van der Waals surface area (Å²) in [6.45, 7) is 2.41. The van der Waals surface area contributed by atoms with Crippen molar-refractivity contribution in [2.24, 2.45) is 0 Å². The molecular weight excluding hydrogens is 336 g/mol. The largest absolute Gasteiger partial charge is 0.463 e. The van der Waals surface area contributed by atoms with Crippen LogP contribution in [0.5, 0.6) is 0 Å². The number of fused-ring (bicyclic) bond motifs is 1. The molecule has 2 atom stereocenters. The molecule has 2 unspecified atom stereocenters. The maximum Gasteiger partial charge on any atom is 0.304 e. The van der Waals surface area contributed by atoms with E-state index in [1.54, 1.807) is 0 Å². The number of hydrogen-bond acceptors (Lipinski definition) is 10. The standard InChI is InChI=1S/C13H16N6O6/c1-7(20)23-5-9-3-4-10(25-9)19-13(22)11-12(15-17-19)14-16-18(11)6-24-8(2)21/h9-10H,3-6H2,1-2H3. The van der Waals surface area contributed by atoms with Crippen molar-refractivity contribution in [3.05, 3.63) is 10.4 Å². The van der Waals surface area contributed by atoms with Crippen molar-refractivity contribution in [1.29, 1.82) is 0 Å². The van der Waals surface area contributed by atoms with Crippen LogP contribution in [0.4, 0.5) is 0 Å². The van der Waals surface area contributed by atoms with Gasteiger partial charge in [0.05, 0.1) is 6.10 Å². The maximum absolute atomic E-state index is 12.7. The number of aromatic nitrogens is 6. The highest BCUT2D eigenvalue weighted by molar-refractivity contribution is 5.68. The van der Waals surface area contributed by atoms with Crippen LogP contribution in [0.2, 0.25) is 0 Å². The smallest absolute Gasteiger partial charge is 0.304 e. The minimum atomic E-state index is -0.637. The number of nitrogens with zero attached hydrogens (tertiary/aromatic N) is 6. The summed E-state index contributed by atoms with van der Waals surface area (Å²) in [6, 6.07) is 0. The molecule has 1 fully saturated rings. The molecule has 1 aliphatic rings. The van der Waals surface area contributed by atoms with Crippen LogP contribution < -0.4 is 5.56 Å². The van der Waals surface area contributed by atoms with E-state index in [4.69, 9.17) is 14.2 Å². The summed E-state index contributed by atoms with van der Waals surface area (Å²) in [5.41, 5.74) is -0.411. The molecule has 0 aromatic carbocycles. The first-order valence-corrected chi connectivity index (χ1v) is 7.56. The lowest BCUT2D eigenvalue weighted by Gasteiger charge is -2.14. The molecule has 12 nitrogen and oxygen atoms in total. The van der Waals surface area contributed by atoms with Gasteiger partial charge in [-0.2, -0.15) is 4.68 Å². The van der Waals surface area contributed by atoms with E-state index in [-0.39, 0.29) is 30.6 Å². The minimum Gasteiger partial charge on any atom is -0.463 e. The van der Waals surface area contributed by atoms with Crippen molar-refractivity contribution < 1.29 is 23.8 Å². The Balaban J connectivity index is 1.82. The van der Waals surface area contributed by atoms with Crippen molar-refractivity contribution in [3.8, 4) is 0 Å². The monoisotopic (exact) mass is 352 g/mol. The van der Waals surface area contributed by atoms with Crippen LogP contribution in [0.15, 0.2) is 4.79 Å². The Morgan fingerprint density at radius 1 is 1.16 bits per heavy atom. The molecule has 0 amide bonds. The van der Waals surface area contributed by atoms with Crippen LogP contribution in [0.3, 0.4) is 0 Å². The van der Waals surface area contributed by atoms with Crippen LogP contribution in [0, 0.1) is 0 Å². The van der Waals surface area contributed by atoms with Crippen LogP contribution >= 0.6 is 0 Å². The molecule has 0 saturated carbocycles. The number of rotatable bonds is 5. The van der Waals surface area contributed by atoms with Crippen molar-refractivity contribution in [1.82, 2.24) is 30.0 Å². The van der Waals surface area contributed by atoms with Gasteiger partial charge in [-0.25, -0.2) is 4.68 Å². The van der Waals surface area contributed by atoms with E-state index in [2.05, 4.69) is 20.6 Å². The van der Waals surface area contributed by atoms with Gasteiger partial charge in [0.25, 0.3) is 5.56 Å². The molecule has 0 aliphatic carbocycles. The van der Waals surface area contributed by atoms with Gasteiger partial charge in [0.1, 0.15) is 6.61 Å². The number of carbonyl (C=O) groups excluding carboxylic acids is 2. The number of ether oxygens (including phenoxy) is 3. The van der Waals surface area contributed by atoms with Gasteiger partial charge in [0, 0.05) is 13.8 Å². The first-order valence-electron chi connectivity index (χ1n) is 7.56. The SMILES string of the molecule is CC(=O)OCC1CCC(n2nnc3nnn(COC(C)=O)c3c2=O)O1. The van der Waals surface area contributed by atoms with E-state index in [0.29, 0.717) is 12.8 Å². The highest BCUT2D eigenvalue weighted by atomic mass is 16.6. The van der Waals surface area contributed by atoms with Gasteiger partial charge in [-0.3, -0.25) is 14.4 Å². The molecule has 12 heteroatoms. The van der Waals surface area contributed by atoms with E-state index in [0.717, 1.165) is 9.36 Å². The summed E-state index contributed by atoms with van der Waals surface area (Å²) in [6.07, 6.45) is 0.163. The summed E-state index contributed by atoms with van der Waals surface area (Å²) < 4.78 is 17.7. The number of esters is 2. The summed E-state index contributed by atoms with van der Waals surface area (Å²) in [5, 5.41) is 15.1. The molecule has 0 bridgehead atoms. The van der Waals surface area contributed by atoms with E-state index in [1.807, 2.05) is 0 Å². The Bertz CT molecular complexity index is 860. The Morgan fingerprint density at radius 2 is 1.88 bits per heavy atom. The first-order chi connectivity index (χ1) is 12.0. The predicted octanol–water partition coefficient (Wildman–Crippen LogP) is -0.856. The Kier molecular flexibility index (Phi) is 4.70. The van der Waals surface area contributed by atoms with Crippen LogP contribution in [0.25, 0.3) is 11.2 Å². The van der Waals surface area contributed by atoms with Gasteiger partial charge in [-0.05, 0) is 12.8 Å². The molecule has 3 heterocycles. The van der Waals surface area contributed by atoms with Crippen molar-refractivity contribution in [3.63, 3.8) is 0 Å². The van der Waals surface area contributed by atoms with Gasteiger partial charge in [-0.1, -0.05) is 10.4 Å². The lowest BCUT2D eigenvalue weighted by atomic mass is 10.2. The third kappa shape index (κ3) is 3.63. The summed E-state index contributed by atoms with van der Waals surface area (Å²) in [7, 11) is 0. The van der Waals surface area contributed by atoms with Gasteiger partial charge in [0.15, 0.2) is 18.5 Å². The molecule has 0 N–H and O–H groups in total. The zero-order chi connectivity index (χ0) is 18.0. The zero-order valence-electron chi connectivity index (χ0n) is 13.6. The lowest BCUT2D eigenvalue weighted by Crippen LogP contribution is -2.30. The molecule has 3 rings (SSSR count). The Labute approximate surface area is 140 Å².